The Morgan fingerprint density at radius 1 is 1.29 bits per heavy atom. The molecule has 0 aliphatic carbocycles. The quantitative estimate of drug-likeness (QED) is 0.764. The smallest absolute Gasteiger partial charge is 0.193 e. The zero-order valence-corrected chi connectivity index (χ0v) is 11.9. The first-order chi connectivity index (χ1) is 8.11. The SMILES string of the molecule is COc1ccc(C(Br)c2ccc(Cl)o2)cc1C. The van der Waals surface area contributed by atoms with Crippen LogP contribution in [0.2, 0.25) is 5.22 Å². The summed E-state index contributed by atoms with van der Waals surface area (Å²) >= 11 is 9.36. The summed E-state index contributed by atoms with van der Waals surface area (Å²) in [5, 5.41) is 0.398. The van der Waals surface area contributed by atoms with E-state index in [1.807, 2.05) is 25.1 Å². The fourth-order valence-corrected chi connectivity index (χ4v) is 2.37. The lowest BCUT2D eigenvalue weighted by Gasteiger charge is -2.10. The van der Waals surface area contributed by atoms with Crippen LogP contribution in [0.3, 0.4) is 0 Å². The van der Waals surface area contributed by atoms with Crippen molar-refractivity contribution in [3.8, 4) is 5.75 Å². The van der Waals surface area contributed by atoms with E-state index in [9.17, 15) is 0 Å². The number of aryl methyl sites for hydroxylation is 1. The molecule has 0 bridgehead atoms. The lowest BCUT2D eigenvalue weighted by Crippen LogP contribution is -1.93. The second-order valence-electron chi connectivity index (χ2n) is 3.73. The number of furan rings is 1. The minimum absolute atomic E-state index is 0.000365. The molecule has 0 amide bonds. The van der Waals surface area contributed by atoms with Gasteiger partial charge in [-0.2, -0.15) is 0 Å². The summed E-state index contributed by atoms with van der Waals surface area (Å²) in [6, 6.07) is 9.61. The van der Waals surface area contributed by atoms with Gasteiger partial charge in [0, 0.05) is 0 Å². The minimum atomic E-state index is -0.000365. The number of alkyl halides is 1. The molecule has 0 spiro atoms. The first-order valence-corrected chi connectivity index (χ1v) is 6.45. The molecule has 1 unspecified atom stereocenters. The summed E-state index contributed by atoms with van der Waals surface area (Å²) in [5.74, 6) is 1.67. The molecule has 0 saturated carbocycles. The van der Waals surface area contributed by atoms with Gasteiger partial charge in [0.2, 0.25) is 0 Å². The minimum Gasteiger partial charge on any atom is -0.496 e. The van der Waals surface area contributed by atoms with Crippen molar-refractivity contribution in [2.75, 3.05) is 7.11 Å². The van der Waals surface area contributed by atoms with E-state index in [0.29, 0.717) is 5.22 Å². The van der Waals surface area contributed by atoms with Gasteiger partial charge in [0.15, 0.2) is 5.22 Å². The Morgan fingerprint density at radius 2 is 2.06 bits per heavy atom. The number of benzene rings is 1. The number of hydrogen-bond acceptors (Lipinski definition) is 2. The van der Waals surface area contributed by atoms with Crippen molar-refractivity contribution in [2.24, 2.45) is 0 Å². The molecule has 1 heterocycles. The standard InChI is InChI=1S/C13H12BrClO2/c1-8-7-9(3-4-10(8)16-2)13(14)11-5-6-12(15)17-11/h3-7,13H,1-2H3. The largest absolute Gasteiger partial charge is 0.496 e. The van der Waals surface area contributed by atoms with Gasteiger partial charge in [0.1, 0.15) is 11.5 Å². The zero-order valence-electron chi connectivity index (χ0n) is 9.54. The summed E-state index contributed by atoms with van der Waals surface area (Å²) in [7, 11) is 1.67. The Kier molecular flexibility index (Phi) is 3.79. The Bertz CT molecular complexity index is 522. The van der Waals surface area contributed by atoms with E-state index in [-0.39, 0.29) is 4.83 Å². The van der Waals surface area contributed by atoms with E-state index in [0.717, 1.165) is 22.6 Å². The molecule has 0 saturated heterocycles. The second kappa shape index (κ2) is 5.15. The third-order valence-corrected chi connectivity index (χ3v) is 3.74. The maximum atomic E-state index is 5.76. The molecular formula is C13H12BrClO2. The van der Waals surface area contributed by atoms with Gasteiger partial charge in [-0.1, -0.05) is 28.1 Å². The van der Waals surface area contributed by atoms with Crippen molar-refractivity contribution in [3.05, 3.63) is 52.4 Å². The van der Waals surface area contributed by atoms with Crippen molar-refractivity contribution < 1.29 is 9.15 Å². The Labute approximate surface area is 114 Å². The molecule has 0 fully saturated rings. The van der Waals surface area contributed by atoms with Crippen molar-refractivity contribution in [2.45, 2.75) is 11.8 Å². The summed E-state index contributed by atoms with van der Waals surface area (Å²) in [6.07, 6.45) is 0. The number of halogens is 2. The number of ether oxygens (including phenoxy) is 1. The molecule has 1 aromatic heterocycles. The normalized spacial score (nSPS) is 12.5. The molecule has 1 atom stereocenters. The van der Waals surface area contributed by atoms with Gasteiger partial charge in [-0.25, -0.2) is 0 Å². The molecule has 2 nitrogen and oxygen atoms in total. The number of rotatable bonds is 3. The maximum Gasteiger partial charge on any atom is 0.193 e. The molecule has 2 rings (SSSR count). The zero-order chi connectivity index (χ0) is 12.4. The van der Waals surface area contributed by atoms with Gasteiger partial charge in [0.25, 0.3) is 0 Å². The Hall–Kier alpha value is -0.930. The lowest BCUT2D eigenvalue weighted by molar-refractivity contribution is 0.411. The monoisotopic (exact) mass is 314 g/mol. The highest BCUT2D eigenvalue weighted by molar-refractivity contribution is 9.09. The molecule has 0 aliphatic heterocycles. The fourth-order valence-electron chi connectivity index (χ4n) is 1.69. The molecule has 0 radical (unpaired) electrons. The Balaban J connectivity index is 2.31. The van der Waals surface area contributed by atoms with Gasteiger partial charge in [0.05, 0.1) is 11.9 Å². The first kappa shape index (κ1) is 12.5. The average Bonchev–Trinajstić information content (AvgIpc) is 2.75. The molecule has 17 heavy (non-hydrogen) atoms. The Morgan fingerprint density at radius 3 is 2.59 bits per heavy atom. The summed E-state index contributed by atoms with van der Waals surface area (Å²) in [4.78, 5) is -0.000365. The topological polar surface area (TPSA) is 22.4 Å². The molecular weight excluding hydrogens is 303 g/mol. The van der Waals surface area contributed by atoms with Crippen molar-refractivity contribution in [1.29, 1.82) is 0 Å². The lowest BCUT2D eigenvalue weighted by atomic mass is 10.1. The van der Waals surface area contributed by atoms with E-state index in [4.69, 9.17) is 20.8 Å². The van der Waals surface area contributed by atoms with Gasteiger partial charge in [-0.3, -0.25) is 0 Å². The van der Waals surface area contributed by atoms with Gasteiger partial charge in [-0.05, 0) is 47.9 Å². The summed E-state index contributed by atoms with van der Waals surface area (Å²) in [5.41, 5.74) is 2.20. The maximum absolute atomic E-state index is 5.76. The van der Waals surface area contributed by atoms with E-state index >= 15 is 0 Å². The van der Waals surface area contributed by atoms with Gasteiger partial charge >= 0.3 is 0 Å². The molecule has 1 aromatic carbocycles. The summed E-state index contributed by atoms with van der Waals surface area (Å²) < 4.78 is 10.6. The molecule has 2 aromatic rings. The van der Waals surface area contributed by atoms with Crippen molar-refractivity contribution >= 4 is 27.5 Å². The van der Waals surface area contributed by atoms with Crippen LogP contribution in [0.5, 0.6) is 5.75 Å². The number of hydrogen-bond donors (Lipinski definition) is 0. The van der Waals surface area contributed by atoms with Crippen LogP contribution in [-0.2, 0) is 0 Å². The van der Waals surface area contributed by atoms with Gasteiger partial charge < -0.3 is 9.15 Å². The average molecular weight is 316 g/mol. The summed E-state index contributed by atoms with van der Waals surface area (Å²) in [6.45, 7) is 2.01. The van der Waals surface area contributed by atoms with E-state index in [1.165, 1.54) is 0 Å². The van der Waals surface area contributed by atoms with Crippen LogP contribution in [0.4, 0.5) is 0 Å². The van der Waals surface area contributed by atoms with E-state index in [2.05, 4.69) is 22.0 Å². The second-order valence-corrected chi connectivity index (χ2v) is 5.02. The third kappa shape index (κ3) is 2.67. The van der Waals surface area contributed by atoms with Crippen LogP contribution >= 0.6 is 27.5 Å². The van der Waals surface area contributed by atoms with Crippen LogP contribution in [0.25, 0.3) is 0 Å². The molecule has 90 valence electrons. The van der Waals surface area contributed by atoms with Crippen LogP contribution in [0.15, 0.2) is 34.7 Å². The molecule has 4 heteroatoms. The predicted molar refractivity (Wildman–Crippen MR) is 72.2 cm³/mol. The van der Waals surface area contributed by atoms with Crippen molar-refractivity contribution in [1.82, 2.24) is 0 Å². The highest BCUT2D eigenvalue weighted by Crippen LogP contribution is 2.34. The first-order valence-electron chi connectivity index (χ1n) is 5.15. The van der Waals surface area contributed by atoms with Crippen LogP contribution in [0, 0.1) is 6.92 Å². The van der Waals surface area contributed by atoms with Gasteiger partial charge in [-0.15, -0.1) is 0 Å². The van der Waals surface area contributed by atoms with E-state index < -0.39 is 0 Å². The predicted octanol–water partition coefficient (Wildman–Crippen LogP) is 4.73. The van der Waals surface area contributed by atoms with Crippen LogP contribution in [0.1, 0.15) is 21.7 Å². The molecule has 0 aliphatic rings. The molecule has 0 N–H and O–H groups in total. The van der Waals surface area contributed by atoms with Crippen LogP contribution < -0.4 is 4.74 Å². The fraction of sp³-hybridized carbons (Fsp3) is 0.231. The van der Waals surface area contributed by atoms with E-state index in [1.54, 1.807) is 13.2 Å². The highest BCUT2D eigenvalue weighted by Gasteiger charge is 2.15. The third-order valence-electron chi connectivity index (χ3n) is 2.56. The van der Waals surface area contributed by atoms with Crippen LogP contribution in [-0.4, -0.2) is 7.11 Å². The highest BCUT2D eigenvalue weighted by atomic mass is 79.9. The number of methoxy groups -OCH3 is 1. The van der Waals surface area contributed by atoms with Crippen molar-refractivity contribution in [3.63, 3.8) is 0 Å².